The molecule has 15 heavy (non-hydrogen) atoms. The van der Waals surface area contributed by atoms with Crippen LogP contribution in [-0.4, -0.2) is 5.78 Å². The van der Waals surface area contributed by atoms with Gasteiger partial charge in [0.05, 0.1) is 0 Å². The monoisotopic (exact) mass is 212 g/mol. The van der Waals surface area contributed by atoms with Crippen molar-refractivity contribution in [2.75, 3.05) is 0 Å². The summed E-state index contributed by atoms with van der Waals surface area (Å²) >= 11 is 0. The van der Waals surface area contributed by atoms with E-state index in [-0.39, 0.29) is 0 Å². The van der Waals surface area contributed by atoms with Gasteiger partial charge >= 0.3 is 0 Å². The molecule has 0 aromatic rings. The lowest BCUT2D eigenvalue weighted by molar-refractivity contribution is -0.120. The highest BCUT2D eigenvalue weighted by atomic mass is 16.1. The summed E-state index contributed by atoms with van der Waals surface area (Å²) in [4.78, 5) is 11.6. The van der Waals surface area contributed by atoms with E-state index in [0.29, 0.717) is 23.0 Å². The zero-order chi connectivity index (χ0) is 12.1. The molecule has 0 radical (unpaired) electrons. The standard InChI is InChI=1S/C14H28O/c1-11(2)7-8-13(15)9-10-14(5,6)12(3)4/h11-12H,7-10H2,1-6H3. The van der Waals surface area contributed by atoms with Crippen molar-refractivity contribution in [1.82, 2.24) is 0 Å². The van der Waals surface area contributed by atoms with Gasteiger partial charge in [-0.25, -0.2) is 0 Å². The molecule has 0 N–H and O–H groups in total. The largest absolute Gasteiger partial charge is 0.300 e. The van der Waals surface area contributed by atoms with Crippen LogP contribution < -0.4 is 0 Å². The highest BCUT2D eigenvalue weighted by Gasteiger charge is 2.22. The molecule has 0 atom stereocenters. The average molecular weight is 212 g/mol. The summed E-state index contributed by atoms with van der Waals surface area (Å²) < 4.78 is 0. The van der Waals surface area contributed by atoms with E-state index in [1.807, 2.05) is 0 Å². The van der Waals surface area contributed by atoms with Gasteiger partial charge in [-0.2, -0.15) is 0 Å². The van der Waals surface area contributed by atoms with Gasteiger partial charge in [-0.15, -0.1) is 0 Å². The Bertz CT molecular complexity index is 190. The third-order valence-electron chi connectivity index (χ3n) is 3.61. The third kappa shape index (κ3) is 6.70. The molecule has 0 aliphatic rings. The molecule has 0 bridgehead atoms. The molecule has 0 unspecified atom stereocenters. The van der Waals surface area contributed by atoms with Crippen LogP contribution in [0, 0.1) is 17.3 Å². The molecule has 0 fully saturated rings. The van der Waals surface area contributed by atoms with Crippen molar-refractivity contribution in [3.8, 4) is 0 Å². The Hall–Kier alpha value is -0.330. The predicted octanol–water partition coefficient (Wildman–Crippen LogP) is 4.45. The van der Waals surface area contributed by atoms with Crippen LogP contribution in [0.4, 0.5) is 0 Å². The third-order valence-corrected chi connectivity index (χ3v) is 3.61. The van der Waals surface area contributed by atoms with Crippen LogP contribution in [0.15, 0.2) is 0 Å². The van der Waals surface area contributed by atoms with E-state index in [1.165, 1.54) is 0 Å². The van der Waals surface area contributed by atoms with Crippen LogP contribution in [-0.2, 0) is 4.79 Å². The van der Waals surface area contributed by atoms with Crippen molar-refractivity contribution in [2.45, 2.75) is 67.2 Å². The maximum atomic E-state index is 11.6. The van der Waals surface area contributed by atoms with E-state index in [0.717, 1.165) is 25.7 Å². The molecule has 0 saturated heterocycles. The number of carbonyl (C=O) groups excluding carboxylic acids is 1. The highest BCUT2D eigenvalue weighted by Crippen LogP contribution is 2.31. The lowest BCUT2D eigenvalue weighted by Crippen LogP contribution is -2.20. The molecule has 1 nitrogen and oxygen atoms in total. The average Bonchev–Trinajstić information content (AvgIpc) is 2.11. The van der Waals surface area contributed by atoms with Gasteiger partial charge in [0.15, 0.2) is 0 Å². The second-order valence-corrected chi connectivity index (χ2v) is 6.11. The molecule has 0 heterocycles. The van der Waals surface area contributed by atoms with Gasteiger partial charge in [0.1, 0.15) is 5.78 Å². The van der Waals surface area contributed by atoms with Gasteiger partial charge < -0.3 is 0 Å². The fourth-order valence-electron chi connectivity index (χ4n) is 1.32. The summed E-state index contributed by atoms with van der Waals surface area (Å²) in [5.41, 5.74) is 0.299. The molecule has 0 aliphatic carbocycles. The maximum absolute atomic E-state index is 11.6. The number of hydrogen-bond acceptors (Lipinski definition) is 1. The first-order valence-corrected chi connectivity index (χ1v) is 6.27. The minimum absolute atomic E-state index is 0.299. The number of Topliss-reactive ketones (excluding diaryl/α,β-unsaturated/α-hetero) is 1. The highest BCUT2D eigenvalue weighted by molar-refractivity contribution is 5.78. The van der Waals surface area contributed by atoms with Crippen molar-refractivity contribution < 1.29 is 4.79 Å². The molecular weight excluding hydrogens is 184 g/mol. The minimum atomic E-state index is 0.299. The molecule has 1 heteroatoms. The smallest absolute Gasteiger partial charge is 0.132 e. The van der Waals surface area contributed by atoms with Gasteiger partial charge in [-0.3, -0.25) is 4.79 Å². The van der Waals surface area contributed by atoms with Crippen LogP contribution in [0.5, 0.6) is 0 Å². The van der Waals surface area contributed by atoms with Gasteiger partial charge in [-0.1, -0.05) is 41.5 Å². The fourth-order valence-corrected chi connectivity index (χ4v) is 1.32. The first kappa shape index (κ1) is 14.7. The fraction of sp³-hybridized carbons (Fsp3) is 0.929. The van der Waals surface area contributed by atoms with Crippen molar-refractivity contribution in [1.29, 1.82) is 0 Å². The summed E-state index contributed by atoms with van der Waals surface area (Å²) in [6, 6.07) is 0. The molecule has 0 rings (SSSR count). The first-order chi connectivity index (χ1) is 6.75. The van der Waals surface area contributed by atoms with Gasteiger partial charge in [0.25, 0.3) is 0 Å². The molecular formula is C14H28O. The predicted molar refractivity (Wildman–Crippen MR) is 66.9 cm³/mol. The SMILES string of the molecule is CC(C)CCC(=O)CCC(C)(C)C(C)C. The molecule has 0 aliphatic heterocycles. The van der Waals surface area contributed by atoms with Crippen molar-refractivity contribution in [3.63, 3.8) is 0 Å². The number of carbonyl (C=O) groups is 1. The first-order valence-electron chi connectivity index (χ1n) is 6.27. The van der Waals surface area contributed by atoms with Crippen LogP contribution in [0.2, 0.25) is 0 Å². The van der Waals surface area contributed by atoms with Crippen LogP contribution in [0.25, 0.3) is 0 Å². The van der Waals surface area contributed by atoms with E-state index < -0.39 is 0 Å². The Kier molecular flexibility index (Phi) is 6.16. The summed E-state index contributed by atoms with van der Waals surface area (Å²) in [6.07, 6.45) is 3.60. The Balaban J connectivity index is 3.80. The minimum Gasteiger partial charge on any atom is -0.300 e. The van der Waals surface area contributed by atoms with Crippen molar-refractivity contribution in [3.05, 3.63) is 0 Å². The number of hydrogen-bond donors (Lipinski definition) is 0. The summed E-state index contributed by atoms with van der Waals surface area (Å²) in [5, 5.41) is 0. The maximum Gasteiger partial charge on any atom is 0.132 e. The Morgan fingerprint density at radius 2 is 1.60 bits per heavy atom. The van der Waals surface area contributed by atoms with E-state index in [9.17, 15) is 4.79 Å². The summed E-state index contributed by atoms with van der Waals surface area (Å²) in [6.45, 7) is 13.3. The quantitative estimate of drug-likeness (QED) is 0.609. The normalized spacial score (nSPS) is 12.5. The molecule has 0 spiro atoms. The van der Waals surface area contributed by atoms with Crippen LogP contribution >= 0.6 is 0 Å². The Labute approximate surface area is 95.6 Å². The molecule has 0 amide bonds. The topological polar surface area (TPSA) is 17.1 Å². The lowest BCUT2D eigenvalue weighted by atomic mass is 9.77. The zero-order valence-electron chi connectivity index (χ0n) is 11.4. The van der Waals surface area contributed by atoms with Crippen molar-refractivity contribution >= 4 is 5.78 Å². The van der Waals surface area contributed by atoms with Gasteiger partial charge in [0.2, 0.25) is 0 Å². The van der Waals surface area contributed by atoms with Crippen LogP contribution in [0.3, 0.4) is 0 Å². The second kappa shape index (κ2) is 6.30. The van der Waals surface area contributed by atoms with E-state index in [1.54, 1.807) is 0 Å². The molecule has 90 valence electrons. The zero-order valence-corrected chi connectivity index (χ0v) is 11.4. The molecule has 0 aromatic carbocycles. The van der Waals surface area contributed by atoms with E-state index in [2.05, 4.69) is 41.5 Å². The molecule has 0 aromatic heterocycles. The Morgan fingerprint density at radius 3 is 2.00 bits per heavy atom. The number of rotatable bonds is 7. The number of ketones is 1. The van der Waals surface area contributed by atoms with Crippen LogP contribution in [0.1, 0.15) is 67.2 Å². The summed E-state index contributed by atoms with van der Waals surface area (Å²) in [5.74, 6) is 1.74. The molecule has 0 saturated carbocycles. The second-order valence-electron chi connectivity index (χ2n) is 6.11. The van der Waals surface area contributed by atoms with Gasteiger partial charge in [0, 0.05) is 12.8 Å². The lowest BCUT2D eigenvalue weighted by Gasteiger charge is -2.28. The summed E-state index contributed by atoms with van der Waals surface area (Å²) in [7, 11) is 0. The Morgan fingerprint density at radius 1 is 1.07 bits per heavy atom. The van der Waals surface area contributed by atoms with E-state index >= 15 is 0 Å². The van der Waals surface area contributed by atoms with E-state index in [4.69, 9.17) is 0 Å². The van der Waals surface area contributed by atoms with Crippen molar-refractivity contribution in [2.24, 2.45) is 17.3 Å². The van der Waals surface area contributed by atoms with Gasteiger partial charge in [-0.05, 0) is 30.1 Å².